The Morgan fingerprint density at radius 1 is 1.06 bits per heavy atom. The van der Waals surface area contributed by atoms with Gasteiger partial charge in [-0.1, -0.05) is 18.2 Å². The van der Waals surface area contributed by atoms with Gasteiger partial charge in [0.25, 0.3) is 11.6 Å². The molecule has 0 aliphatic carbocycles. The molecule has 0 radical (unpaired) electrons. The quantitative estimate of drug-likeness (QED) is 0.266. The van der Waals surface area contributed by atoms with Gasteiger partial charge < -0.3 is 20.1 Å². The lowest BCUT2D eigenvalue weighted by atomic mass is 10.2. The van der Waals surface area contributed by atoms with Crippen LogP contribution in [0, 0.1) is 17.0 Å². The number of halogens is 1. The number of hydrogen-bond donors (Lipinski definition) is 2. The summed E-state index contributed by atoms with van der Waals surface area (Å²) in [7, 11) is 0. The van der Waals surface area contributed by atoms with Crippen LogP contribution in [0.25, 0.3) is 0 Å². The molecule has 33 heavy (non-hydrogen) atoms. The van der Waals surface area contributed by atoms with Crippen LogP contribution < -0.4 is 20.1 Å². The van der Waals surface area contributed by atoms with Crippen LogP contribution in [-0.2, 0) is 11.3 Å². The van der Waals surface area contributed by atoms with Crippen LogP contribution in [-0.4, -0.2) is 24.0 Å². The fourth-order valence-electron chi connectivity index (χ4n) is 3.12. The number of nitro benzene ring substituents is 1. The van der Waals surface area contributed by atoms with Crippen molar-refractivity contribution in [1.29, 1.82) is 0 Å². The van der Waals surface area contributed by atoms with Crippen molar-refractivity contribution in [2.24, 2.45) is 0 Å². The van der Waals surface area contributed by atoms with Crippen LogP contribution in [0.2, 0.25) is 0 Å². The Balaban J connectivity index is 1.68. The zero-order valence-corrected chi connectivity index (χ0v) is 19.8. The zero-order chi connectivity index (χ0) is 23.8. The number of carbonyl (C=O) groups is 1. The van der Waals surface area contributed by atoms with Crippen LogP contribution in [0.1, 0.15) is 18.1 Å². The average Bonchev–Trinajstić information content (AvgIpc) is 2.77. The number of anilines is 2. The second-order valence-corrected chi connectivity index (χ2v) is 8.06. The summed E-state index contributed by atoms with van der Waals surface area (Å²) in [5.74, 6) is 0.632. The molecule has 0 aliphatic rings. The number of nitro groups is 1. The number of aryl methyl sites for hydroxylation is 1. The van der Waals surface area contributed by atoms with Crippen molar-refractivity contribution < 1.29 is 19.2 Å². The molecule has 9 heteroatoms. The highest BCUT2D eigenvalue weighted by Gasteiger charge is 2.15. The number of ether oxygens (including phenoxy) is 2. The topological polar surface area (TPSA) is 103 Å². The summed E-state index contributed by atoms with van der Waals surface area (Å²) in [4.78, 5) is 22.9. The maximum atomic E-state index is 12.3. The molecule has 0 aromatic heterocycles. The fourth-order valence-corrected chi connectivity index (χ4v) is 3.72. The molecule has 0 spiro atoms. The summed E-state index contributed by atoms with van der Waals surface area (Å²) < 4.78 is 12.1. The van der Waals surface area contributed by atoms with Gasteiger partial charge in [-0.2, -0.15) is 0 Å². The first-order valence-electron chi connectivity index (χ1n) is 10.3. The van der Waals surface area contributed by atoms with Gasteiger partial charge >= 0.3 is 0 Å². The first-order valence-corrected chi connectivity index (χ1v) is 11.1. The number of carbonyl (C=O) groups excluding carboxylic acids is 1. The molecule has 3 aromatic carbocycles. The van der Waals surface area contributed by atoms with Gasteiger partial charge in [0.1, 0.15) is 0 Å². The van der Waals surface area contributed by atoms with E-state index in [9.17, 15) is 14.9 Å². The van der Waals surface area contributed by atoms with Crippen LogP contribution in [0.4, 0.5) is 17.1 Å². The van der Waals surface area contributed by atoms with E-state index in [1.54, 1.807) is 12.1 Å². The maximum Gasteiger partial charge on any atom is 0.271 e. The first-order chi connectivity index (χ1) is 15.9. The van der Waals surface area contributed by atoms with E-state index in [-0.39, 0.29) is 18.2 Å². The van der Waals surface area contributed by atoms with E-state index in [0.717, 1.165) is 11.1 Å². The number of benzene rings is 3. The number of rotatable bonds is 10. The van der Waals surface area contributed by atoms with Gasteiger partial charge in [0.05, 0.1) is 16.0 Å². The summed E-state index contributed by atoms with van der Waals surface area (Å²) in [5, 5.41) is 16.9. The van der Waals surface area contributed by atoms with Crippen LogP contribution in [0.15, 0.2) is 65.1 Å². The van der Waals surface area contributed by atoms with Gasteiger partial charge in [0.15, 0.2) is 18.1 Å². The second kappa shape index (κ2) is 11.3. The minimum atomic E-state index is -0.434. The van der Waals surface area contributed by atoms with E-state index < -0.39 is 4.92 Å². The van der Waals surface area contributed by atoms with Gasteiger partial charge in [-0.25, -0.2) is 0 Å². The van der Waals surface area contributed by atoms with Gasteiger partial charge in [-0.05, 0) is 71.2 Å². The lowest BCUT2D eigenvalue weighted by Gasteiger charge is -2.16. The fraction of sp³-hybridized carbons (Fsp3) is 0.208. The number of nitrogens with one attached hydrogen (secondary N) is 2. The average molecular weight is 514 g/mol. The molecule has 0 saturated carbocycles. The van der Waals surface area contributed by atoms with Crippen LogP contribution in [0.3, 0.4) is 0 Å². The molecule has 3 rings (SSSR count). The number of amides is 1. The smallest absolute Gasteiger partial charge is 0.271 e. The molecule has 1 amide bonds. The predicted octanol–water partition coefficient (Wildman–Crippen LogP) is 5.69. The molecule has 0 unspecified atom stereocenters. The predicted molar refractivity (Wildman–Crippen MR) is 131 cm³/mol. The Kier molecular flexibility index (Phi) is 8.26. The Hall–Kier alpha value is -3.59. The SMILES string of the molecule is CCOc1cc(CNc2cccc([N+](=O)[O-])c2)cc(Br)c1OCC(=O)Nc1cccc(C)c1. The summed E-state index contributed by atoms with van der Waals surface area (Å²) in [5.41, 5.74) is 3.27. The molecule has 172 valence electrons. The van der Waals surface area contributed by atoms with E-state index in [1.165, 1.54) is 12.1 Å². The largest absolute Gasteiger partial charge is 0.490 e. The lowest BCUT2D eigenvalue weighted by Crippen LogP contribution is -2.20. The first kappa shape index (κ1) is 24.1. The van der Waals surface area contributed by atoms with Crippen molar-refractivity contribution in [3.8, 4) is 11.5 Å². The third-order valence-electron chi connectivity index (χ3n) is 4.57. The maximum absolute atomic E-state index is 12.3. The highest BCUT2D eigenvalue weighted by molar-refractivity contribution is 9.10. The minimum absolute atomic E-state index is 0.0175. The summed E-state index contributed by atoms with van der Waals surface area (Å²) >= 11 is 3.50. The molecule has 0 atom stereocenters. The van der Waals surface area contributed by atoms with Crippen LogP contribution in [0.5, 0.6) is 11.5 Å². The molecule has 8 nitrogen and oxygen atoms in total. The van der Waals surface area contributed by atoms with Gasteiger partial charge in [-0.3, -0.25) is 14.9 Å². The van der Waals surface area contributed by atoms with Crippen molar-refractivity contribution >= 4 is 38.9 Å². The Bertz CT molecular complexity index is 1150. The standard InChI is InChI=1S/C24H24BrN3O5/c1-3-32-22-12-17(14-26-18-7-5-9-20(13-18)28(30)31)11-21(25)24(22)33-15-23(29)27-19-8-4-6-16(2)10-19/h4-13,26H,3,14-15H2,1-2H3,(H,27,29). The zero-order valence-electron chi connectivity index (χ0n) is 18.3. The second-order valence-electron chi connectivity index (χ2n) is 7.21. The molecule has 0 saturated heterocycles. The van der Waals surface area contributed by atoms with Gasteiger partial charge in [-0.15, -0.1) is 0 Å². The third kappa shape index (κ3) is 6.95. The number of hydrogen-bond acceptors (Lipinski definition) is 6. The molecule has 2 N–H and O–H groups in total. The van der Waals surface area contributed by atoms with Gasteiger partial charge in [0.2, 0.25) is 0 Å². The monoisotopic (exact) mass is 513 g/mol. The van der Waals surface area contributed by atoms with Crippen molar-refractivity contribution in [3.63, 3.8) is 0 Å². The highest BCUT2D eigenvalue weighted by atomic mass is 79.9. The van der Waals surface area contributed by atoms with E-state index in [1.807, 2.05) is 50.2 Å². The van der Waals surface area contributed by atoms with Crippen molar-refractivity contribution in [3.05, 3.63) is 86.4 Å². The molecular formula is C24H24BrN3O5. The molecule has 3 aromatic rings. The molecule has 0 aliphatic heterocycles. The summed E-state index contributed by atoms with van der Waals surface area (Å²) in [6.45, 7) is 4.45. The van der Waals surface area contributed by atoms with E-state index in [2.05, 4.69) is 26.6 Å². The Labute approximate surface area is 200 Å². The van der Waals surface area contributed by atoms with Gasteiger partial charge in [0, 0.05) is 30.1 Å². The molecule has 0 heterocycles. The number of non-ortho nitro benzene ring substituents is 1. The number of nitrogens with zero attached hydrogens (tertiary/aromatic N) is 1. The summed E-state index contributed by atoms with van der Waals surface area (Å²) in [6.07, 6.45) is 0. The summed E-state index contributed by atoms with van der Waals surface area (Å²) in [6, 6.07) is 17.5. The lowest BCUT2D eigenvalue weighted by molar-refractivity contribution is -0.384. The van der Waals surface area contributed by atoms with E-state index in [0.29, 0.717) is 40.5 Å². The molecule has 0 bridgehead atoms. The Morgan fingerprint density at radius 3 is 2.55 bits per heavy atom. The molecular weight excluding hydrogens is 490 g/mol. The normalized spacial score (nSPS) is 10.4. The van der Waals surface area contributed by atoms with Crippen molar-refractivity contribution in [1.82, 2.24) is 0 Å². The Morgan fingerprint density at radius 2 is 1.82 bits per heavy atom. The third-order valence-corrected chi connectivity index (χ3v) is 5.16. The minimum Gasteiger partial charge on any atom is -0.490 e. The van der Waals surface area contributed by atoms with Crippen molar-refractivity contribution in [2.75, 3.05) is 23.8 Å². The van der Waals surface area contributed by atoms with Crippen LogP contribution >= 0.6 is 15.9 Å². The van der Waals surface area contributed by atoms with Crippen molar-refractivity contribution in [2.45, 2.75) is 20.4 Å². The molecule has 0 fully saturated rings. The van der Waals surface area contributed by atoms with E-state index in [4.69, 9.17) is 9.47 Å². The van der Waals surface area contributed by atoms with E-state index >= 15 is 0 Å². The highest BCUT2D eigenvalue weighted by Crippen LogP contribution is 2.37.